The Morgan fingerprint density at radius 3 is 2.67 bits per heavy atom. The molecule has 0 amide bonds. The molecule has 0 bridgehead atoms. The quantitative estimate of drug-likeness (QED) is 0.747. The molecule has 8 heteroatoms. The van der Waals surface area contributed by atoms with E-state index in [0.717, 1.165) is 11.5 Å². The molecule has 2 saturated heterocycles. The minimum atomic E-state index is -3.39. The fraction of sp³-hybridized carbons (Fsp3) is 1.00. The summed E-state index contributed by atoms with van der Waals surface area (Å²) in [7, 11) is -3.39. The zero-order valence-corrected chi connectivity index (χ0v) is 12.0. The smallest absolute Gasteiger partial charge is 0.282 e. The Labute approximate surface area is 112 Å². The Morgan fingerprint density at radius 2 is 2.00 bits per heavy atom. The predicted molar refractivity (Wildman–Crippen MR) is 70.8 cm³/mol. The van der Waals surface area contributed by atoms with E-state index < -0.39 is 10.2 Å². The van der Waals surface area contributed by atoms with E-state index in [1.165, 1.54) is 4.31 Å². The number of aliphatic hydroxyl groups excluding tert-OH is 1. The minimum absolute atomic E-state index is 0.0281. The van der Waals surface area contributed by atoms with Gasteiger partial charge in [-0.25, -0.2) is 0 Å². The summed E-state index contributed by atoms with van der Waals surface area (Å²) in [5.74, 6) is 1.59. The summed E-state index contributed by atoms with van der Waals surface area (Å²) in [5, 5.41) is 9.05. The van der Waals surface area contributed by atoms with Crippen LogP contribution in [0.5, 0.6) is 0 Å². The summed E-state index contributed by atoms with van der Waals surface area (Å²) in [4.78, 5) is 0. The standard InChI is InChI=1S/C10H20N2O4S2/c13-5-1-10-9-17-8-4-12(10)18(14,15)11-2-6-16-7-3-11/h10,13H,1-9H2. The van der Waals surface area contributed by atoms with E-state index in [1.807, 2.05) is 0 Å². The Balaban J connectivity index is 2.10. The van der Waals surface area contributed by atoms with Gasteiger partial charge in [0.1, 0.15) is 0 Å². The Bertz CT molecular complexity index is 355. The zero-order chi connectivity index (χ0) is 13.0. The number of rotatable bonds is 4. The van der Waals surface area contributed by atoms with Crippen molar-refractivity contribution in [3.63, 3.8) is 0 Å². The molecule has 106 valence electrons. The van der Waals surface area contributed by atoms with E-state index in [4.69, 9.17) is 9.84 Å². The van der Waals surface area contributed by atoms with Crippen molar-refractivity contribution in [2.24, 2.45) is 0 Å². The highest BCUT2D eigenvalue weighted by molar-refractivity contribution is 7.99. The van der Waals surface area contributed by atoms with Crippen molar-refractivity contribution < 1.29 is 18.3 Å². The molecule has 2 heterocycles. The Kier molecular flexibility index (Phi) is 5.28. The molecule has 18 heavy (non-hydrogen) atoms. The van der Waals surface area contributed by atoms with Gasteiger partial charge in [0, 0.05) is 43.8 Å². The van der Waals surface area contributed by atoms with Gasteiger partial charge >= 0.3 is 0 Å². The van der Waals surface area contributed by atoms with Crippen LogP contribution < -0.4 is 0 Å². The van der Waals surface area contributed by atoms with Crippen LogP contribution in [0, 0.1) is 0 Å². The van der Waals surface area contributed by atoms with Gasteiger partial charge in [0.15, 0.2) is 0 Å². The molecule has 2 fully saturated rings. The summed E-state index contributed by atoms with van der Waals surface area (Å²) in [6, 6.07) is -0.0819. The molecular formula is C10H20N2O4S2. The van der Waals surface area contributed by atoms with Gasteiger partial charge < -0.3 is 9.84 Å². The summed E-state index contributed by atoms with van der Waals surface area (Å²) >= 11 is 1.75. The van der Waals surface area contributed by atoms with Crippen molar-refractivity contribution >= 4 is 22.0 Å². The SMILES string of the molecule is O=S(=O)(N1CCOCC1)N1CCSCC1CCO. The lowest BCUT2D eigenvalue weighted by Crippen LogP contribution is -2.54. The van der Waals surface area contributed by atoms with Crippen LogP contribution in [0.3, 0.4) is 0 Å². The maximum atomic E-state index is 12.5. The maximum Gasteiger partial charge on any atom is 0.282 e. The van der Waals surface area contributed by atoms with Crippen LogP contribution in [0.4, 0.5) is 0 Å². The van der Waals surface area contributed by atoms with Gasteiger partial charge in [-0.3, -0.25) is 0 Å². The molecule has 0 aromatic heterocycles. The van der Waals surface area contributed by atoms with Gasteiger partial charge in [0.2, 0.25) is 0 Å². The normalized spacial score (nSPS) is 28.4. The van der Waals surface area contributed by atoms with E-state index >= 15 is 0 Å². The highest BCUT2D eigenvalue weighted by atomic mass is 32.2. The van der Waals surface area contributed by atoms with Crippen LogP contribution in [0.2, 0.25) is 0 Å². The minimum Gasteiger partial charge on any atom is -0.396 e. The van der Waals surface area contributed by atoms with Crippen LogP contribution in [-0.4, -0.2) is 79.1 Å². The van der Waals surface area contributed by atoms with Gasteiger partial charge in [0.05, 0.1) is 13.2 Å². The summed E-state index contributed by atoms with van der Waals surface area (Å²) in [5.41, 5.74) is 0. The third-order valence-corrected chi connectivity index (χ3v) is 6.41. The topological polar surface area (TPSA) is 70.1 Å². The maximum absolute atomic E-state index is 12.5. The number of nitrogens with zero attached hydrogens (tertiary/aromatic N) is 2. The highest BCUT2D eigenvalue weighted by Crippen LogP contribution is 2.24. The van der Waals surface area contributed by atoms with E-state index in [1.54, 1.807) is 16.1 Å². The molecule has 6 nitrogen and oxygen atoms in total. The molecular weight excluding hydrogens is 276 g/mol. The van der Waals surface area contributed by atoms with Crippen LogP contribution >= 0.6 is 11.8 Å². The number of thioether (sulfide) groups is 1. The Morgan fingerprint density at radius 1 is 1.28 bits per heavy atom. The third kappa shape index (κ3) is 3.17. The third-order valence-electron chi connectivity index (χ3n) is 3.23. The zero-order valence-electron chi connectivity index (χ0n) is 10.3. The van der Waals surface area contributed by atoms with Crippen LogP contribution in [0.25, 0.3) is 0 Å². The van der Waals surface area contributed by atoms with Gasteiger partial charge in [0.25, 0.3) is 10.2 Å². The lowest BCUT2D eigenvalue weighted by Gasteiger charge is -2.38. The first-order valence-corrected chi connectivity index (χ1v) is 8.74. The first-order valence-electron chi connectivity index (χ1n) is 6.19. The molecule has 1 atom stereocenters. The second-order valence-corrected chi connectivity index (χ2v) is 7.40. The Hall–Kier alpha value is 0.140. The van der Waals surface area contributed by atoms with Gasteiger partial charge in [-0.15, -0.1) is 0 Å². The van der Waals surface area contributed by atoms with E-state index in [-0.39, 0.29) is 12.6 Å². The lowest BCUT2D eigenvalue weighted by atomic mass is 10.2. The van der Waals surface area contributed by atoms with E-state index in [0.29, 0.717) is 39.3 Å². The molecule has 0 saturated carbocycles. The van der Waals surface area contributed by atoms with Crippen molar-refractivity contribution in [2.45, 2.75) is 12.5 Å². The number of hydrogen-bond acceptors (Lipinski definition) is 5. The molecule has 0 spiro atoms. The van der Waals surface area contributed by atoms with Gasteiger partial charge in [-0.05, 0) is 6.42 Å². The van der Waals surface area contributed by atoms with E-state index in [2.05, 4.69) is 0 Å². The van der Waals surface area contributed by atoms with Gasteiger partial charge in [-0.2, -0.15) is 28.8 Å². The number of ether oxygens (including phenoxy) is 1. The first kappa shape index (κ1) is 14.5. The molecule has 0 aromatic rings. The molecule has 0 aliphatic carbocycles. The molecule has 2 rings (SSSR count). The average Bonchev–Trinajstić information content (AvgIpc) is 2.41. The molecule has 1 unspecified atom stereocenters. The predicted octanol–water partition coefficient (Wildman–Crippen LogP) is -0.637. The summed E-state index contributed by atoms with van der Waals surface area (Å²) < 4.78 is 33.3. The monoisotopic (exact) mass is 296 g/mol. The summed E-state index contributed by atoms with van der Waals surface area (Å²) in [6.07, 6.45) is 0.510. The van der Waals surface area contributed by atoms with Crippen molar-refractivity contribution in [3.05, 3.63) is 0 Å². The second-order valence-electron chi connectivity index (χ2n) is 4.37. The largest absolute Gasteiger partial charge is 0.396 e. The molecule has 2 aliphatic heterocycles. The highest BCUT2D eigenvalue weighted by Gasteiger charge is 2.36. The molecule has 1 N–H and O–H groups in total. The molecule has 2 aliphatic rings. The molecule has 0 radical (unpaired) electrons. The van der Waals surface area contributed by atoms with Gasteiger partial charge in [-0.1, -0.05) is 0 Å². The van der Waals surface area contributed by atoms with Crippen molar-refractivity contribution in [2.75, 3.05) is 51.0 Å². The van der Waals surface area contributed by atoms with Crippen LogP contribution in [0.1, 0.15) is 6.42 Å². The van der Waals surface area contributed by atoms with Crippen LogP contribution in [0.15, 0.2) is 0 Å². The van der Waals surface area contributed by atoms with Crippen LogP contribution in [-0.2, 0) is 14.9 Å². The number of aliphatic hydroxyl groups is 1. The second kappa shape index (κ2) is 6.53. The van der Waals surface area contributed by atoms with Crippen molar-refractivity contribution in [3.8, 4) is 0 Å². The van der Waals surface area contributed by atoms with E-state index in [9.17, 15) is 8.42 Å². The summed E-state index contributed by atoms with van der Waals surface area (Å²) in [6.45, 7) is 2.35. The first-order chi connectivity index (χ1) is 8.66. The average molecular weight is 296 g/mol. The molecule has 0 aromatic carbocycles. The van der Waals surface area contributed by atoms with Crippen molar-refractivity contribution in [1.82, 2.24) is 8.61 Å². The fourth-order valence-electron chi connectivity index (χ4n) is 2.25. The number of hydrogen-bond donors (Lipinski definition) is 1. The number of morpholine rings is 1. The van der Waals surface area contributed by atoms with Crippen molar-refractivity contribution in [1.29, 1.82) is 0 Å². The fourth-order valence-corrected chi connectivity index (χ4v) is 5.35. The lowest BCUT2D eigenvalue weighted by molar-refractivity contribution is 0.0691.